The first-order valence-corrected chi connectivity index (χ1v) is 10.2. The summed E-state index contributed by atoms with van der Waals surface area (Å²) in [7, 11) is 0. The molecule has 3 aromatic rings. The Morgan fingerprint density at radius 1 is 1.03 bits per heavy atom. The van der Waals surface area contributed by atoms with Crippen molar-refractivity contribution in [3.8, 4) is 11.4 Å². The summed E-state index contributed by atoms with van der Waals surface area (Å²) in [6.45, 7) is 4.04. The molecule has 5 nitrogen and oxygen atoms in total. The molecule has 0 saturated heterocycles. The van der Waals surface area contributed by atoms with E-state index >= 15 is 0 Å². The summed E-state index contributed by atoms with van der Waals surface area (Å²) in [6.07, 6.45) is 4.00. The second kappa shape index (κ2) is 9.82. The van der Waals surface area contributed by atoms with Crippen molar-refractivity contribution in [3.05, 3.63) is 82.3 Å². The monoisotopic (exact) mass is 389 g/mol. The number of hydrogen-bond donors (Lipinski definition) is 1. The molecule has 0 aliphatic rings. The van der Waals surface area contributed by atoms with E-state index in [1.54, 1.807) is 0 Å². The molecule has 1 amide bonds. The molecule has 0 radical (unpaired) electrons. The van der Waals surface area contributed by atoms with Crippen LogP contribution in [0.2, 0.25) is 0 Å². The molecule has 5 heteroatoms. The average molecular weight is 389 g/mol. The van der Waals surface area contributed by atoms with Gasteiger partial charge in [-0.3, -0.25) is 14.2 Å². The summed E-state index contributed by atoms with van der Waals surface area (Å²) in [5.41, 5.74) is 3.29. The second-order valence-electron chi connectivity index (χ2n) is 7.06. The molecule has 1 N–H and O–H groups in total. The van der Waals surface area contributed by atoms with Gasteiger partial charge in [0.2, 0.25) is 5.91 Å². The smallest absolute Gasteiger partial charge is 0.254 e. The summed E-state index contributed by atoms with van der Waals surface area (Å²) in [5, 5.41) is 2.88. The highest BCUT2D eigenvalue weighted by atomic mass is 16.2. The summed E-state index contributed by atoms with van der Waals surface area (Å²) in [6, 6.07) is 18.9. The topological polar surface area (TPSA) is 64.0 Å². The van der Waals surface area contributed by atoms with Crippen molar-refractivity contribution in [2.45, 2.75) is 46.1 Å². The molecule has 0 aliphatic heterocycles. The summed E-state index contributed by atoms with van der Waals surface area (Å²) in [5.74, 6) is 0.261. The number of nitrogens with zero attached hydrogens (tertiary/aromatic N) is 2. The number of aryl methyl sites for hydroxylation is 2. The van der Waals surface area contributed by atoms with Crippen molar-refractivity contribution in [3.63, 3.8) is 0 Å². The van der Waals surface area contributed by atoms with Gasteiger partial charge < -0.3 is 5.32 Å². The average Bonchev–Trinajstić information content (AvgIpc) is 2.75. The Bertz CT molecular complexity index is 1010. The molecule has 29 heavy (non-hydrogen) atoms. The molecule has 1 aromatic heterocycles. The molecule has 3 rings (SSSR count). The van der Waals surface area contributed by atoms with Gasteiger partial charge in [-0.25, -0.2) is 4.98 Å². The second-order valence-corrected chi connectivity index (χ2v) is 7.06. The first kappa shape index (κ1) is 20.5. The van der Waals surface area contributed by atoms with Crippen molar-refractivity contribution in [1.29, 1.82) is 0 Å². The van der Waals surface area contributed by atoms with E-state index in [1.165, 1.54) is 16.2 Å². The van der Waals surface area contributed by atoms with Crippen LogP contribution in [0.5, 0.6) is 0 Å². The quantitative estimate of drug-likeness (QED) is 0.619. The van der Waals surface area contributed by atoms with Crippen LogP contribution in [0.1, 0.15) is 37.9 Å². The molecule has 2 aromatic carbocycles. The molecule has 0 fully saturated rings. The van der Waals surface area contributed by atoms with Crippen molar-refractivity contribution < 1.29 is 4.79 Å². The van der Waals surface area contributed by atoms with Crippen LogP contribution >= 0.6 is 0 Å². The normalized spacial score (nSPS) is 10.7. The SMILES string of the molecule is CCCCc1ccc(NC(=O)Cn2c(-c3ccccc3)nc(CC)cc2=O)cc1. The van der Waals surface area contributed by atoms with E-state index in [4.69, 9.17) is 0 Å². The van der Waals surface area contributed by atoms with E-state index in [9.17, 15) is 9.59 Å². The fourth-order valence-corrected chi connectivity index (χ4v) is 3.17. The Labute approximate surface area is 171 Å². The van der Waals surface area contributed by atoms with Crippen LogP contribution in [0.3, 0.4) is 0 Å². The number of benzene rings is 2. The van der Waals surface area contributed by atoms with Crippen LogP contribution < -0.4 is 10.9 Å². The standard InChI is InChI=1S/C24H27N3O2/c1-3-5-9-18-12-14-21(15-13-18)25-22(28)17-27-23(29)16-20(4-2)26-24(27)19-10-7-6-8-11-19/h6-8,10-16H,3-5,9,17H2,1-2H3,(H,25,28). The molecular formula is C24H27N3O2. The lowest BCUT2D eigenvalue weighted by atomic mass is 10.1. The fourth-order valence-electron chi connectivity index (χ4n) is 3.17. The van der Waals surface area contributed by atoms with Gasteiger partial charge in [-0.05, 0) is 37.0 Å². The van der Waals surface area contributed by atoms with E-state index in [2.05, 4.69) is 17.2 Å². The number of nitrogens with one attached hydrogen (secondary N) is 1. The van der Waals surface area contributed by atoms with Gasteiger partial charge in [-0.1, -0.05) is 62.7 Å². The molecular weight excluding hydrogens is 362 g/mol. The molecule has 0 bridgehead atoms. The van der Waals surface area contributed by atoms with Crippen LogP contribution in [0.4, 0.5) is 5.69 Å². The van der Waals surface area contributed by atoms with E-state index in [-0.39, 0.29) is 18.0 Å². The highest BCUT2D eigenvalue weighted by Crippen LogP contribution is 2.17. The Morgan fingerprint density at radius 2 is 1.76 bits per heavy atom. The van der Waals surface area contributed by atoms with Gasteiger partial charge in [0.1, 0.15) is 12.4 Å². The number of hydrogen-bond acceptors (Lipinski definition) is 3. The Morgan fingerprint density at radius 3 is 2.41 bits per heavy atom. The van der Waals surface area contributed by atoms with E-state index < -0.39 is 0 Å². The lowest BCUT2D eigenvalue weighted by molar-refractivity contribution is -0.116. The van der Waals surface area contributed by atoms with E-state index in [0.717, 1.165) is 30.5 Å². The highest BCUT2D eigenvalue weighted by molar-refractivity contribution is 5.90. The van der Waals surface area contributed by atoms with E-state index in [1.807, 2.05) is 61.5 Å². The maximum atomic E-state index is 12.7. The molecule has 0 spiro atoms. The maximum Gasteiger partial charge on any atom is 0.254 e. The molecule has 0 atom stereocenters. The van der Waals surface area contributed by atoms with Gasteiger partial charge >= 0.3 is 0 Å². The number of aromatic nitrogens is 2. The lowest BCUT2D eigenvalue weighted by Crippen LogP contribution is -2.30. The van der Waals surface area contributed by atoms with Crippen molar-refractivity contribution in [2.75, 3.05) is 5.32 Å². The number of rotatable bonds is 8. The Hall–Kier alpha value is -3.21. The van der Waals surface area contributed by atoms with Crippen LogP contribution in [-0.4, -0.2) is 15.5 Å². The van der Waals surface area contributed by atoms with Crippen LogP contribution in [0.25, 0.3) is 11.4 Å². The third kappa shape index (κ3) is 5.41. The lowest BCUT2D eigenvalue weighted by Gasteiger charge is -2.14. The zero-order valence-corrected chi connectivity index (χ0v) is 17.0. The van der Waals surface area contributed by atoms with Gasteiger partial charge in [0.15, 0.2) is 0 Å². The molecule has 0 unspecified atom stereocenters. The summed E-state index contributed by atoms with van der Waals surface area (Å²) >= 11 is 0. The summed E-state index contributed by atoms with van der Waals surface area (Å²) < 4.78 is 1.43. The van der Waals surface area contributed by atoms with Gasteiger partial charge in [-0.15, -0.1) is 0 Å². The first-order chi connectivity index (χ1) is 14.1. The van der Waals surface area contributed by atoms with Crippen LogP contribution in [0.15, 0.2) is 65.5 Å². The molecule has 0 aliphatic carbocycles. The van der Waals surface area contributed by atoms with E-state index in [0.29, 0.717) is 17.9 Å². The van der Waals surface area contributed by atoms with Crippen molar-refractivity contribution in [1.82, 2.24) is 9.55 Å². The van der Waals surface area contributed by atoms with Gasteiger partial charge in [-0.2, -0.15) is 0 Å². The highest BCUT2D eigenvalue weighted by Gasteiger charge is 2.14. The van der Waals surface area contributed by atoms with Crippen LogP contribution in [-0.2, 0) is 24.2 Å². The van der Waals surface area contributed by atoms with Gasteiger partial charge in [0.05, 0.1) is 0 Å². The van der Waals surface area contributed by atoms with Gasteiger partial charge in [0, 0.05) is 23.0 Å². The minimum absolute atomic E-state index is 0.0857. The zero-order valence-electron chi connectivity index (χ0n) is 17.0. The maximum absolute atomic E-state index is 12.7. The number of unbranched alkanes of at least 4 members (excludes halogenated alkanes) is 1. The first-order valence-electron chi connectivity index (χ1n) is 10.2. The van der Waals surface area contributed by atoms with Crippen molar-refractivity contribution in [2.24, 2.45) is 0 Å². The van der Waals surface area contributed by atoms with Crippen LogP contribution in [0, 0.1) is 0 Å². The molecule has 1 heterocycles. The predicted octanol–water partition coefficient (Wildman–Crippen LogP) is 4.45. The predicted molar refractivity (Wildman–Crippen MR) is 117 cm³/mol. The minimum atomic E-state index is -0.253. The van der Waals surface area contributed by atoms with Gasteiger partial charge in [0.25, 0.3) is 5.56 Å². The zero-order chi connectivity index (χ0) is 20.6. The minimum Gasteiger partial charge on any atom is -0.325 e. The number of amides is 1. The Kier molecular flexibility index (Phi) is 6.95. The molecule has 150 valence electrons. The number of carbonyl (C=O) groups is 1. The van der Waals surface area contributed by atoms with Crippen molar-refractivity contribution >= 4 is 11.6 Å². The largest absolute Gasteiger partial charge is 0.325 e. The Balaban J connectivity index is 1.80. The fraction of sp³-hybridized carbons (Fsp3) is 0.292. The number of anilines is 1. The number of carbonyl (C=O) groups excluding carboxylic acids is 1. The summed E-state index contributed by atoms with van der Waals surface area (Å²) in [4.78, 5) is 29.9. The third-order valence-electron chi connectivity index (χ3n) is 4.81. The molecule has 0 saturated carbocycles. The third-order valence-corrected chi connectivity index (χ3v) is 4.81.